The van der Waals surface area contributed by atoms with E-state index in [1.165, 1.54) is 0 Å². The average Bonchev–Trinajstić information content (AvgIpc) is 3.12. The molecule has 1 saturated carbocycles. The molecule has 2 N–H and O–H groups in total. The average molecular weight is 366 g/mol. The Bertz CT molecular complexity index is 625. The van der Waals surface area contributed by atoms with E-state index in [2.05, 4.69) is 5.32 Å². The number of amides is 1. The summed E-state index contributed by atoms with van der Waals surface area (Å²) in [5.74, 6) is -1.40. The summed E-state index contributed by atoms with van der Waals surface area (Å²) in [5, 5.41) is 12.9. The lowest BCUT2D eigenvalue weighted by atomic mass is 9.74. The van der Waals surface area contributed by atoms with Gasteiger partial charge in [0.1, 0.15) is 0 Å². The second kappa shape index (κ2) is 7.75. The van der Waals surface area contributed by atoms with Gasteiger partial charge in [0.15, 0.2) is 0 Å². The molecule has 0 radical (unpaired) electrons. The molecule has 0 bridgehead atoms. The number of nitrogens with one attached hydrogen (secondary N) is 1. The summed E-state index contributed by atoms with van der Waals surface area (Å²) in [6.07, 6.45) is 3.37. The number of benzene rings is 1. The number of carbonyl (C=O) groups is 2. The van der Waals surface area contributed by atoms with E-state index in [1.807, 2.05) is 24.3 Å². The zero-order valence-corrected chi connectivity index (χ0v) is 14.9. The highest BCUT2D eigenvalue weighted by Gasteiger charge is 2.37. The second-order valence-electron chi connectivity index (χ2n) is 7.16. The molecule has 1 aromatic rings. The third-order valence-corrected chi connectivity index (χ3v) is 5.91. The predicted octanol–water partition coefficient (Wildman–Crippen LogP) is 3.01. The predicted molar refractivity (Wildman–Crippen MR) is 94.7 cm³/mol. The number of ether oxygens (including phenoxy) is 1. The van der Waals surface area contributed by atoms with E-state index < -0.39 is 5.97 Å². The van der Waals surface area contributed by atoms with Crippen molar-refractivity contribution in [2.24, 2.45) is 11.8 Å². The highest BCUT2D eigenvalue weighted by molar-refractivity contribution is 6.30. The molecule has 0 spiro atoms. The molecule has 3 rings (SSSR count). The van der Waals surface area contributed by atoms with Gasteiger partial charge in [-0.15, -0.1) is 0 Å². The first-order valence-electron chi connectivity index (χ1n) is 8.84. The first-order chi connectivity index (χ1) is 12.0. The fraction of sp³-hybridized carbons (Fsp3) is 0.579. The molecule has 1 amide bonds. The van der Waals surface area contributed by atoms with Crippen LogP contribution >= 0.6 is 11.6 Å². The van der Waals surface area contributed by atoms with Crippen LogP contribution in [0.3, 0.4) is 0 Å². The summed E-state index contributed by atoms with van der Waals surface area (Å²) >= 11 is 6.01. The molecule has 136 valence electrons. The minimum absolute atomic E-state index is 0.0245. The number of halogens is 1. The summed E-state index contributed by atoms with van der Waals surface area (Å²) in [5.41, 5.74) is 1.01. The minimum atomic E-state index is -0.794. The molecule has 1 aliphatic carbocycles. The number of aliphatic carboxylic acids is 1. The van der Waals surface area contributed by atoms with Gasteiger partial charge < -0.3 is 15.2 Å². The van der Waals surface area contributed by atoms with E-state index in [0.717, 1.165) is 18.4 Å². The number of carbonyl (C=O) groups excluding carboxylic acids is 1. The number of hydrogen-bond acceptors (Lipinski definition) is 3. The van der Waals surface area contributed by atoms with Crippen molar-refractivity contribution in [2.75, 3.05) is 19.8 Å². The van der Waals surface area contributed by atoms with E-state index in [-0.39, 0.29) is 23.2 Å². The molecule has 2 atom stereocenters. The van der Waals surface area contributed by atoms with Crippen molar-refractivity contribution in [3.63, 3.8) is 0 Å². The number of carboxylic acids is 1. The molecular weight excluding hydrogens is 342 g/mol. The Morgan fingerprint density at radius 1 is 1.16 bits per heavy atom. The Balaban J connectivity index is 1.66. The van der Waals surface area contributed by atoms with Gasteiger partial charge >= 0.3 is 5.97 Å². The molecule has 25 heavy (non-hydrogen) atoms. The maximum atomic E-state index is 12.5. The van der Waals surface area contributed by atoms with Gasteiger partial charge in [0.25, 0.3) is 0 Å². The first-order valence-corrected chi connectivity index (χ1v) is 9.22. The molecule has 0 aromatic heterocycles. The molecule has 2 aliphatic rings. The molecule has 6 heteroatoms. The van der Waals surface area contributed by atoms with E-state index in [9.17, 15) is 9.59 Å². The van der Waals surface area contributed by atoms with Crippen molar-refractivity contribution in [2.45, 2.75) is 37.5 Å². The van der Waals surface area contributed by atoms with Crippen molar-refractivity contribution in [1.82, 2.24) is 5.32 Å². The molecule has 0 unspecified atom stereocenters. The number of carboxylic acid groups (broad SMARTS) is 1. The van der Waals surface area contributed by atoms with Gasteiger partial charge in [-0.2, -0.15) is 0 Å². The molecule has 2 fully saturated rings. The minimum Gasteiger partial charge on any atom is -0.481 e. The Morgan fingerprint density at radius 3 is 2.40 bits per heavy atom. The van der Waals surface area contributed by atoms with Crippen molar-refractivity contribution in [3.05, 3.63) is 34.9 Å². The lowest BCUT2D eigenvalue weighted by Crippen LogP contribution is -2.45. The van der Waals surface area contributed by atoms with E-state index in [0.29, 0.717) is 44.0 Å². The maximum absolute atomic E-state index is 12.5. The maximum Gasteiger partial charge on any atom is 0.306 e. The molecule has 1 heterocycles. The summed E-state index contributed by atoms with van der Waals surface area (Å²) in [4.78, 5) is 23.6. The summed E-state index contributed by atoms with van der Waals surface area (Å²) in [6, 6.07) is 7.81. The smallest absolute Gasteiger partial charge is 0.306 e. The van der Waals surface area contributed by atoms with Gasteiger partial charge in [-0.3, -0.25) is 9.59 Å². The van der Waals surface area contributed by atoms with E-state index in [4.69, 9.17) is 21.4 Å². The SMILES string of the molecule is O=C(O)[C@@H]1CC[C@H](C(=O)NCC2(c3ccc(Cl)cc3)CCOCC2)C1. The standard InChI is InChI=1S/C19H24ClNO4/c20-16-5-3-15(4-6-16)19(7-9-25-10-8-19)12-21-17(22)13-1-2-14(11-13)18(23)24/h3-6,13-14H,1-2,7-12H2,(H,21,22)(H,23,24)/t13-,14+/m0/s1. The van der Waals surface area contributed by atoms with Crippen LogP contribution in [0.25, 0.3) is 0 Å². The van der Waals surface area contributed by atoms with Gasteiger partial charge in [-0.1, -0.05) is 23.7 Å². The topological polar surface area (TPSA) is 75.6 Å². The Morgan fingerprint density at radius 2 is 1.80 bits per heavy atom. The monoisotopic (exact) mass is 365 g/mol. The van der Waals surface area contributed by atoms with E-state index in [1.54, 1.807) is 0 Å². The van der Waals surface area contributed by atoms with Crippen LogP contribution in [0.4, 0.5) is 0 Å². The Labute approximate surface area is 152 Å². The zero-order valence-electron chi connectivity index (χ0n) is 14.2. The van der Waals surface area contributed by atoms with Gasteiger partial charge in [-0.05, 0) is 49.8 Å². The third-order valence-electron chi connectivity index (χ3n) is 5.66. The van der Waals surface area contributed by atoms with Crippen molar-refractivity contribution >= 4 is 23.5 Å². The highest BCUT2D eigenvalue weighted by Crippen LogP contribution is 2.36. The zero-order chi connectivity index (χ0) is 17.9. The number of hydrogen-bond donors (Lipinski definition) is 2. The lowest BCUT2D eigenvalue weighted by molar-refractivity contribution is -0.141. The van der Waals surface area contributed by atoms with Crippen molar-refractivity contribution in [1.29, 1.82) is 0 Å². The van der Waals surface area contributed by atoms with Gasteiger partial charge in [0.05, 0.1) is 5.92 Å². The molecule has 1 aliphatic heterocycles. The molecular formula is C19H24ClNO4. The van der Waals surface area contributed by atoms with Crippen LogP contribution in [-0.2, 0) is 19.7 Å². The van der Waals surface area contributed by atoms with Crippen LogP contribution in [0, 0.1) is 11.8 Å². The quantitative estimate of drug-likeness (QED) is 0.841. The molecule has 5 nitrogen and oxygen atoms in total. The molecule has 1 saturated heterocycles. The van der Waals surface area contributed by atoms with Crippen LogP contribution in [0.1, 0.15) is 37.7 Å². The van der Waals surface area contributed by atoms with Crippen LogP contribution in [0.2, 0.25) is 5.02 Å². The Hall–Kier alpha value is -1.59. The normalized spacial score (nSPS) is 25.5. The number of rotatable bonds is 5. The molecule has 1 aromatic carbocycles. The largest absolute Gasteiger partial charge is 0.481 e. The first kappa shape index (κ1) is 18.2. The summed E-state index contributed by atoms with van der Waals surface area (Å²) in [7, 11) is 0. The van der Waals surface area contributed by atoms with Gasteiger partial charge in [0, 0.05) is 36.1 Å². The van der Waals surface area contributed by atoms with Crippen LogP contribution in [0.15, 0.2) is 24.3 Å². The lowest BCUT2D eigenvalue weighted by Gasteiger charge is -2.38. The Kier molecular flexibility index (Phi) is 5.64. The van der Waals surface area contributed by atoms with Crippen LogP contribution < -0.4 is 5.32 Å². The van der Waals surface area contributed by atoms with Crippen molar-refractivity contribution in [3.8, 4) is 0 Å². The summed E-state index contributed by atoms with van der Waals surface area (Å²) < 4.78 is 5.51. The fourth-order valence-electron chi connectivity index (χ4n) is 3.98. The van der Waals surface area contributed by atoms with Gasteiger partial charge in [-0.25, -0.2) is 0 Å². The fourth-order valence-corrected chi connectivity index (χ4v) is 4.10. The summed E-state index contributed by atoms with van der Waals surface area (Å²) in [6.45, 7) is 1.89. The van der Waals surface area contributed by atoms with Crippen molar-refractivity contribution < 1.29 is 19.4 Å². The highest BCUT2D eigenvalue weighted by atomic mass is 35.5. The van der Waals surface area contributed by atoms with E-state index >= 15 is 0 Å². The second-order valence-corrected chi connectivity index (χ2v) is 7.60. The van der Waals surface area contributed by atoms with Crippen LogP contribution in [-0.4, -0.2) is 36.7 Å². The third kappa shape index (κ3) is 4.15. The van der Waals surface area contributed by atoms with Gasteiger partial charge in [0.2, 0.25) is 5.91 Å². The van der Waals surface area contributed by atoms with Crippen LogP contribution in [0.5, 0.6) is 0 Å².